The summed E-state index contributed by atoms with van der Waals surface area (Å²) < 4.78 is 9.32. The zero-order valence-electron chi connectivity index (χ0n) is 44.5. The molecule has 15 aromatic rings. The van der Waals surface area contributed by atoms with Crippen molar-refractivity contribution in [3.8, 4) is 57.1 Å². The van der Waals surface area contributed by atoms with Crippen molar-refractivity contribution in [3.05, 3.63) is 252 Å². The van der Waals surface area contributed by atoms with Gasteiger partial charge in [-0.3, -0.25) is 0 Å². The average molecular weight is 1020 g/mol. The Morgan fingerprint density at radius 2 is 0.562 bits per heavy atom. The fourth-order valence-electron chi connectivity index (χ4n) is 15.1. The average Bonchev–Trinajstić information content (AvgIpc) is 4.41. The predicted molar refractivity (Wildman–Crippen MR) is 328 cm³/mol. The summed E-state index contributed by atoms with van der Waals surface area (Å²) in [5.74, 6) is 0. The first-order chi connectivity index (χ1) is 39.2. The molecule has 2 aliphatic carbocycles. The lowest BCUT2D eigenvalue weighted by molar-refractivity contribution is 0.660. The third kappa shape index (κ3) is 5.40. The highest BCUT2D eigenvalue weighted by molar-refractivity contribution is 6.21. The monoisotopic (exact) mass is 1020 g/mol. The Bertz CT molecular complexity index is 5140. The van der Waals surface area contributed by atoms with E-state index in [1.54, 1.807) is 0 Å². The number of hydrogen-bond acceptors (Lipinski definition) is 2. The van der Waals surface area contributed by atoms with Crippen molar-refractivity contribution in [3.63, 3.8) is 0 Å². The molecule has 6 nitrogen and oxygen atoms in total. The quantitative estimate of drug-likeness (QED) is 0.176. The Kier molecular flexibility index (Phi) is 8.74. The molecule has 0 saturated heterocycles. The van der Waals surface area contributed by atoms with E-state index in [2.05, 4.69) is 276 Å². The van der Waals surface area contributed by atoms with Gasteiger partial charge in [-0.25, -0.2) is 0 Å². The highest BCUT2D eigenvalue weighted by atomic mass is 15.1. The first-order valence-corrected chi connectivity index (χ1v) is 27.6. The van der Waals surface area contributed by atoms with E-state index in [-0.39, 0.29) is 10.8 Å². The van der Waals surface area contributed by atoms with Gasteiger partial charge in [0.25, 0.3) is 0 Å². The number of nitrogens with zero attached hydrogens (tertiary/aromatic N) is 6. The maximum absolute atomic E-state index is 12.8. The number of hydrogen-bond donors (Lipinski definition) is 0. The molecule has 2 aliphatic rings. The summed E-state index contributed by atoms with van der Waals surface area (Å²) in [7, 11) is 0. The summed E-state index contributed by atoms with van der Waals surface area (Å²) in [5.41, 5.74) is 20.4. The molecule has 0 radical (unpaired) electrons. The number of aromatic nitrogens is 4. The van der Waals surface area contributed by atoms with E-state index in [9.17, 15) is 10.5 Å². The molecule has 0 N–H and O–H groups in total. The summed E-state index contributed by atoms with van der Waals surface area (Å²) in [5, 5.41) is 34.2. The van der Waals surface area contributed by atoms with Gasteiger partial charge in [0.2, 0.25) is 0 Å². The first-order valence-electron chi connectivity index (χ1n) is 27.6. The van der Waals surface area contributed by atoms with Crippen LogP contribution in [0.4, 0.5) is 0 Å². The second kappa shape index (κ2) is 15.6. The third-order valence-electron chi connectivity index (χ3n) is 18.4. The van der Waals surface area contributed by atoms with Gasteiger partial charge >= 0.3 is 0 Å². The van der Waals surface area contributed by atoms with Crippen LogP contribution in [-0.2, 0) is 10.8 Å². The van der Waals surface area contributed by atoms with Gasteiger partial charge in [0.15, 0.2) is 0 Å². The van der Waals surface area contributed by atoms with Crippen LogP contribution in [0.25, 0.3) is 132 Å². The molecular weight excluding hydrogens is 973 g/mol. The number of fused-ring (bicyclic) bond motifs is 20. The number of nitriles is 2. The minimum atomic E-state index is -0.256. The molecule has 11 aromatic carbocycles. The van der Waals surface area contributed by atoms with E-state index in [0.717, 1.165) is 92.9 Å². The zero-order chi connectivity index (χ0) is 53.5. The molecule has 4 heterocycles. The lowest BCUT2D eigenvalue weighted by Crippen LogP contribution is -2.17. The van der Waals surface area contributed by atoms with Crippen LogP contribution < -0.4 is 0 Å². The van der Waals surface area contributed by atoms with Crippen LogP contribution in [0.3, 0.4) is 0 Å². The molecule has 17 rings (SSSR count). The molecule has 374 valence electrons. The summed E-state index contributed by atoms with van der Waals surface area (Å²) in [6.07, 6.45) is 0. The van der Waals surface area contributed by atoms with Gasteiger partial charge in [-0.15, -0.1) is 0 Å². The number of para-hydroxylation sites is 6. The third-order valence-corrected chi connectivity index (χ3v) is 18.4. The second-order valence-electron chi connectivity index (χ2n) is 22.9. The molecule has 6 heteroatoms. The minimum absolute atomic E-state index is 0.255. The van der Waals surface area contributed by atoms with E-state index >= 15 is 0 Å². The summed E-state index contributed by atoms with van der Waals surface area (Å²) >= 11 is 0. The topological polar surface area (TPSA) is 67.3 Å². The highest BCUT2D eigenvalue weighted by Crippen LogP contribution is 2.57. The van der Waals surface area contributed by atoms with Crippen molar-refractivity contribution in [1.29, 1.82) is 10.5 Å². The van der Waals surface area contributed by atoms with Gasteiger partial charge in [-0.2, -0.15) is 10.5 Å². The number of benzene rings is 11. The lowest BCUT2D eigenvalue weighted by Gasteiger charge is -2.27. The van der Waals surface area contributed by atoms with Gasteiger partial charge in [0.05, 0.1) is 66.9 Å². The molecule has 0 saturated carbocycles. The SMILES string of the molecule is CC1(C)c2ccccc2-c2c1ccc1c2c2ccccc2n1-c1c(C#N)c(-n2c3ccccc3c3ccccc32)c(-n2c3ccccc3c3c4c(ccc32)C(C)(C)c2ccccc2-4)c(-n2c3ccccc3c3ccccc32)c1C#N. The maximum Gasteiger partial charge on any atom is 0.104 e. The Labute approximate surface area is 461 Å². The second-order valence-corrected chi connectivity index (χ2v) is 22.9. The van der Waals surface area contributed by atoms with E-state index in [1.165, 1.54) is 44.5 Å². The van der Waals surface area contributed by atoms with Crippen LogP contribution in [0.5, 0.6) is 0 Å². The molecule has 0 spiro atoms. The normalized spacial score (nSPS) is 13.9. The van der Waals surface area contributed by atoms with Crippen LogP contribution in [0.2, 0.25) is 0 Å². The van der Waals surface area contributed by atoms with Crippen LogP contribution >= 0.6 is 0 Å². The molecule has 0 amide bonds. The van der Waals surface area contributed by atoms with E-state index < -0.39 is 0 Å². The minimum Gasteiger partial charge on any atom is -0.306 e. The zero-order valence-corrected chi connectivity index (χ0v) is 44.5. The molecule has 0 unspecified atom stereocenters. The lowest BCUT2D eigenvalue weighted by atomic mass is 9.82. The van der Waals surface area contributed by atoms with Crippen molar-refractivity contribution in [1.82, 2.24) is 18.3 Å². The summed E-state index contributed by atoms with van der Waals surface area (Å²) in [6, 6.07) is 84.3. The molecule has 80 heavy (non-hydrogen) atoms. The van der Waals surface area contributed by atoms with Gasteiger partial charge in [-0.1, -0.05) is 198 Å². The van der Waals surface area contributed by atoms with Crippen molar-refractivity contribution >= 4 is 87.2 Å². The number of rotatable bonds is 4. The Hall–Kier alpha value is -10.4. The van der Waals surface area contributed by atoms with Gasteiger partial charge in [0, 0.05) is 53.9 Å². The molecule has 0 aliphatic heterocycles. The van der Waals surface area contributed by atoms with Crippen molar-refractivity contribution in [2.45, 2.75) is 38.5 Å². The Morgan fingerprint density at radius 1 is 0.275 bits per heavy atom. The van der Waals surface area contributed by atoms with Crippen molar-refractivity contribution in [2.75, 3.05) is 0 Å². The molecule has 0 fully saturated rings. The smallest absolute Gasteiger partial charge is 0.104 e. The van der Waals surface area contributed by atoms with Crippen LogP contribution in [0.15, 0.2) is 218 Å². The Balaban J connectivity index is 1.17. The van der Waals surface area contributed by atoms with Gasteiger partial charge in [0.1, 0.15) is 23.3 Å². The van der Waals surface area contributed by atoms with Gasteiger partial charge < -0.3 is 18.3 Å². The van der Waals surface area contributed by atoms with Crippen LogP contribution in [0.1, 0.15) is 61.1 Å². The first kappa shape index (κ1) is 44.7. The van der Waals surface area contributed by atoms with Gasteiger partial charge in [-0.05, 0) is 93.0 Å². The maximum atomic E-state index is 12.8. The van der Waals surface area contributed by atoms with E-state index in [4.69, 9.17) is 0 Å². The van der Waals surface area contributed by atoms with Crippen molar-refractivity contribution in [2.24, 2.45) is 0 Å². The van der Waals surface area contributed by atoms with Crippen molar-refractivity contribution < 1.29 is 0 Å². The van der Waals surface area contributed by atoms with E-state index in [1.807, 2.05) is 0 Å². The fourth-order valence-corrected chi connectivity index (χ4v) is 15.1. The Morgan fingerprint density at radius 3 is 0.925 bits per heavy atom. The summed E-state index contributed by atoms with van der Waals surface area (Å²) in [6.45, 7) is 9.31. The largest absolute Gasteiger partial charge is 0.306 e. The molecule has 0 bridgehead atoms. The standard InChI is InChI=1S/C74H48N6/c1-73(2)53-29-13-5-25-47(53)65-55(73)37-39-63-67(65)49-27-11-19-35-61(49)79(63)69-51(41-75)70(77-57-31-15-7-21-43(57)44-22-8-16-32-58(44)77)72(71(52(69)42-76)78-59-33-17-9-23-45(59)46-24-10-18-34-60(46)78)80-62-36-20-12-28-50(62)68-64(80)40-38-56-66(68)48-26-6-14-30-54(48)74(56,3)4/h5-40H,1-4H3. The highest BCUT2D eigenvalue weighted by Gasteiger charge is 2.41. The van der Waals surface area contributed by atoms with E-state index in [0.29, 0.717) is 28.2 Å². The summed E-state index contributed by atoms with van der Waals surface area (Å²) in [4.78, 5) is 0. The molecular formula is C74H48N6. The molecule has 0 atom stereocenters. The fraction of sp³-hybridized carbons (Fsp3) is 0.0811. The van der Waals surface area contributed by atoms with Crippen LogP contribution in [0, 0.1) is 22.7 Å². The van der Waals surface area contributed by atoms with Crippen LogP contribution in [-0.4, -0.2) is 18.3 Å². The molecule has 4 aromatic heterocycles. The predicted octanol–water partition coefficient (Wildman–Crippen LogP) is 18.4.